The van der Waals surface area contributed by atoms with E-state index < -0.39 is 0 Å². The summed E-state index contributed by atoms with van der Waals surface area (Å²) in [6, 6.07) is 0. The average molecular weight is 125 g/mol. The lowest BCUT2D eigenvalue weighted by atomic mass is 10.7. The van der Waals surface area contributed by atoms with Gasteiger partial charge in [0.2, 0.25) is 5.88 Å². The minimum absolute atomic E-state index is 0.252. The van der Waals surface area contributed by atoms with Crippen LogP contribution in [0.1, 0.15) is 0 Å². The lowest BCUT2D eigenvalue weighted by molar-refractivity contribution is 0.319. The molecule has 0 aliphatic rings. The number of hydrogen-bond donors (Lipinski definition) is 0. The van der Waals surface area contributed by atoms with Gasteiger partial charge in [-0.25, -0.2) is 0 Å². The fraction of sp³-hybridized carbons (Fsp3) is 0.200. The van der Waals surface area contributed by atoms with Crippen molar-refractivity contribution in [3.63, 3.8) is 0 Å². The van der Waals surface area contributed by atoms with Crippen molar-refractivity contribution < 1.29 is 9.84 Å². The van der Waals surface area contributed by atoms with Gasteiger partial charge >= 0.3 is 0 Å². The first-order chi connectivity index (χ1) is 4.33. The van der Waals surface area contributed by atoms with E-state index in [1.54, 1.807) is 0 Å². The highest BCUT2D eigenvalue weighted by Crippen LogP contribution is 2.07. The Bertz CT molecular complexity index is 202. The zero-order chi connectivity index (χ0) is 6.69. The normalized spacial score (nSPS) is 9.00. The van der Waals surface area contributed by atoms with Crippen LogP contribution >= 0.6 is 0 Å². The van der Waals surface area contributed by atoms with Gasteiger partial charge in [0, 0.05) is 0 Å². The second-order valence-corrected chi connectivity index (χ2v) is 1.40. The van der Waals surface area contributed by atoms with E-state index in [0.717, 1.165) is 6.20 Å². The minimum atomic E-state index is -0.380. The van der Waals surface area contributed by atoms with E-state index in [2.05, 4.69) is 14.7 Å². The molecule has 1 rings (SSSR count). The summed E-state index contributed by atoms with van der Waals surface area (Å²) in [7, 11) is 1.43. The smallest absolute Gasteiger partial charge is 0.291 e. The van der Waals surface area contributed by atoms with Crippen LogP contribution in [-0.2, 0) is 5.11 Å². The first kappa shape index (κ1) is 5.81. The summed E-state index contributed by atoms with van der Waals surface area (Å²) in [5, 5.41) is 10.4. The second kappa shape index (κ2) is 2.30. The number of aromatic nitrogens is 2. The molecule has 0 aromatic carbocycles. The number of rotatable bonds is 1. The van der Waals surface area contributed by atoms with Crippen molar-refractivity contribution in [2.75, 3.05) is 7.11 Å². The van der Waals surface area contributed by atoms with Crippen LogP contribution in [0.5, 0.6) is 11.8 Å². The molecule has 9 heavy (non-hydrogen) atoms. The molecular weight excluding hydrogens is 120 g/mol. The largest absolute Gasteiger partial charge is 0.480 e. The Morgan fingerprint density at radius 1 is 1.56 bits per heavy atom. The van der Waals surface area contributed by atoms with E-state index in [9.17, 15) is 5.11 Å². The highest BCUT2D eigenvalue weighted by Gasteiger charge is 1.94. The third-order valence-electron chi connectivity index (χ3n) is 0.799. The van der Waals surface area contributed by atoms with Crippen LogP contribution in [0.15, 0.2) is 12.4 Å². The molecule has 1 aromatic heterocycles. The molecule has 0 fully saturated rings. The van der Waals surface area contributed by atoms with E-state index >= 15 is 0 Å². The van der Waals surface area contributed by atoms with E-state index in [0.29, 0.717) is 0 Å². The minimum Gasteiger partial charge on any atom is -0.480 e. The van der Waals surface area contributed by atoms with Gasteiger partial charge in [0.15, 0.2) is 0 Å². The SMILES string of the molecule is COc1cncc([O])n1. The molecule has 0 unspecified atom stereocenters. The molecular formula is C5H5N2O2. The molecule has 0 aliphatic heterocycles. The lowest BCUT2D eigenvalue weighted by Crippen LogP contribution is -1.86. The Morgan fingerprint density at radius 2 is 2.33 bits per heavy atom. The Kier molecular flexibility index (Phi) is 1.48. The number of nitrogens with zero attached hydrogens (tertiary/aromatic N) is 2. The fourth-order valence-corrected chi connectivity index (χ4v) is 0.429. The Labute approximate surface area is 52.1 Å². The van der Waals surface area contributed by atoms with Gasteiger partial charge in [-0.15, -0.1) is 0 Å². The maximum absolute atomic E-state index is 10.4. The molecule has 0 saturated carbocycles. The number of hydrogen-bond acceptors (Lipinski definition) is 3. The maximum atomic E-state index is 10.4. The monoisotopic (exact) mass is 125 g/mol. The van der Waals surface area contributed by atoms with Crippen molar-refractivity contribution in [2.24, 2.45) is 0 Å². The zero-order valence-corrected chi connectivity index (χ0v) is 4.87. The van der Waals surface area contributed by atoms with E-state index in [1.807, 2.05) is 0 Å². The summed E-state index contributed by atoms with van der Waals surface area (Å²) in [6.07, 6.45) is 2.50. The van der Waals surface area contributed by atoms with E-state index in [4.69, 9.17) is 0 Å². The van der Waals surface area contributed by atoms with Gasteiger partial charge in [0.1, 0.15) is 0 Å². The zero-order valence-electron chi connectivity index (χ0n) is 4.87. The molecule has 1 heterocycles. The highest BCUT2D eigenvalue weighted by molar-refractivity contribution is 5.10. The van der Waals surface area contributed by atoms with Crippen molar-refractivity contribution in [1.82, 2.24) is 9.97 Å². The van der Waals surface area contributed by atoms with Gasteiger partial charge in [0.05, 0.1) is 19.5 Å². The third-order valence-corrected chi connectivity index (χ3v) is 0.799. The summed E-state index contributed by atoms with van der Waals surface area (Å²) in [4.78, 5) is 7.01. The van der Waals surface area contributed by atoms with Crippen LogP contribution in [0, 0.1) is 0 Å². The van der Waals surface area contributed by atoms with Gasteiger partial charge in [0.25, 0.3) is 5.88 Å². The summed E-state index contributed by atoms with van der Waals surface area (Å²) in [6.45, 7) is 0. The summed E-state index contributed by atoms with van der Waals surface area (Å²) >= 11 is 0. The van der Waals surface area contributed by atoms with Gasteiger partial charge < -0.3 is 4.74 Å². The Balaban J connectivity index is 2.94. The van der Waals surface area contributed by atoms with Crippen LogP contribution in [-0.4, -0.2) is 17.1 Å². The van der Waals surface area contributed by atoms with Crippen molar-refractivity contribution in [3.05, 3.63) is 12.4 Å². The summed E-state index contributed by atoms with van der Waals surface area (Å²) < 4.78 is 4.62. The number of methoxy groups -OCH3 is 1. The lowest BCUT2D eigenvalue weighted by Gasteiger charge is -1.93. The maximum Gasteiger partial charge on any atom is 0.291 e. The molecule has 0 aliphatic carbocycles. The first-order valence-corrected chi connectivity index (χ1v) is 2.36. The fourth-order valence-electron chi connectivity index (χ4n) is 0.429. The average Bonchev–Trinajstić information content (AvgIpc) is 1.88. The van der Waals surface area contributed by atoms with Crippen molar-refractivity contribution in [3.8, 4) is 11.8 Å². The standard InChI is InChI=1S/C5H5N2O2/c1-9-5-3-6-2-4(8)7-5/h2-3H,1H3. The Morgan fingerprint density at radius 3 is 2.78 bits per heavy atom. The molecule has 4 heteroatoms. The molecule has 0 saturated heterocycles. The van der Waals surface area contributed by atoms with Crippen molar-refractivity contribution in [2.45, 2.75) is 0 Å². The Hall–Kier alpha value is -1.32. The van der Waals surface area contributed by atoms with E-state index in [-0.39, 0.29) is 11.8 Å². The molecule has 0 bridgehead atoms. The summed E-state index contributed by atoms with van der Waals surface area (Å²) in [5.74, 6) is -0.128. The molecule has 47 valence electrons. The predicted octanol–water partition coefficient (Wildman–Crippen LogP) is 0.629. The van der Waals surface area contributed by atoms with Crippen molar-refractivity contribution in [1.29, 1.82) is 0 Å². The highest BCUT2D eigenvalue weighted by atomic mass is 16.5. The molecule has 0 atom stereocenters. The predicted molar refractivity (Wildman–Crippen MR) is 28.7 cm³/mol. The molecule has 0 N–H and O–H groups in total. The molecule has 1 radical (unpaired) electrons. The third kappa shape index (κ3) is 1.28. The molecule has 1 aromatic rings. The van der Waals surface area contributed by atoms with Crippen LogP contribution in [0.3, 0.4) is 0 Å². The topological polar surface area (TPSA) is 54.9 Å². The molecule has 4 nitrogen and oxygen atoms in total. The van der Waals surface area contributed by atoms with Crippen LogP contribution in [0.4, 0.5) is 0 Å². The van der Waals surface area contributed by atoms with Crippen molar-refractivity contribution >= 4 is 0 Å². The van der Waals surface area contributed by atoms with Gasteiger partial charge in [-0.05, 0) is 0 Å². The van der Waals surface area contributed by atoms with Gasteiger partial charge in [-0.3, -0.25) is 10.1 Å². The van der Waals surface area contributed by atoms with Crippen LogP contribution in [0.25, 0.3) is 0 Å². The van der Waals surface area contributed by atoms with Crippen LogP contribution < -0.4 is 4.74 Å². The quantitative estimate of drug-likeness (QED) is 0.553. The first-order valence-electron chi connectivity index (χ1n) is 2.36. The van der Waals surface area contributed by atoms with E-state index in [1.165, 1.54) is 13.3 Å². The molecule has 0 amide bonds. The number of ether oxygens (including phenoxy) is 1. The van der Waals surface area contributed by atoms with Crippen LogP contribution in [0.2, 0.25) is 0 Å². The van der Waals surface area contributed by atoms with Gasteiger partial charge in [-0.1, -0.05) is 0 Å². The molecule has 0 spiro atoms. The second-order valence-electron chi connectivity index (χ2n) is 1.40. The summed E-state index contributed by atoms with van der Waals surface area (Å²) in [5.41, 5.74) is 0. The van der Waals surface area contributed by atoms with Gasteiger partial charge in [-0.2, -0.15) is 4.98 Å².